The molecule has 0 saturated heterocycles. The molecular formula is C8H5Br2NO2S. The van der Waals surface area contributed by atoms with Crippen molar-refractivity contribution in [3.63, 3.8) is 0 Å². The lowest BCUT2D eigenvalue weighted by Gasteiger charge is -2.02. The van der Waals surface area contributed by atoms with E-state index < -0.39 is 6.10 Å². The van der Waals surface area contributed by atoms with Crippen molar-refractivity contribution in [2.75, 3.05) is 0 Å². The molecule has 6 heteroatoms. The van der Waals surface area contributed by atoms with Gasteiger partial charge in [0.2, 0.25) is 0 Å². The Bertz CT molecular complexity index is 407. The van der Waals surface area contributed by atoms with E-state index in [1.54, 1.807) is 18.3 Å². The van der Waals surface area contributed by atoms with E-state index in [0.29, 0.717) is 10.4 Å². The molecular weight excluding hydrogens is 334 g/mol. The van der Waals surface area contributed by atoms with Crippen molar-refractivity contribution in [2.24, 2.45) is 0 Å². The summed E-state index contributed by atoms with van der Waals surface area (Å²) < 4.78 is 10.6. The topological polar surface area (TPSA) is 46.3 Å². The van der Waals surface area contributed by atoms with Crippen LogP contribution in [0.25, 0.3) is 0 Å². The zero-order chi connectivity index (χ0) is 10.1. The summed E-state index contributed by atoms with van der Waals surface area (Å²) in [5, 5.41) is 9.85. The lowest BCUT2D eigenvalue weighted by molar-refractivity contribution is 0.191. The van der Waals surface area contributed by atoms with Crippen LogP contribution < -0.4 is 0 Å². The van der Waals surface area contributed by atoms with Crippen LogP contribution in [0.2, 0.25) is 0 Å². The zero-order valence-electron chi connectivity index (χ0n) is 6.78. The minimum Gasteiger partial charge on any atom is -0.450 e. The van der Waals surface area contributed by atoms with Gasteiger partial charge >= 0.3 is 0 Å². The van der Waals surface area contributed by atoms with E-state index >= 15 is 0 Å². The molecule has 0 aliphatic carbocycles. The molecule has 2 aromatic rings. The summed E-state index contributed by atoms with van der Waals surface area (Å²) in [6, 6.07) is 3.49. The fourth-order valence-electron chi connectivity index (χ4n) is 1.00. The summed E-state index contributed by atoms with van der Waals surface area (Å²) in [5.74, 6) is 0.494. The van der Waals surface area contributed by atoms with Gasteiger partial charge < -0.3 is 9.52 Å². The van der Waals surface area contributed by atoms with Gasteiger partial charge in [0.15, 0.2) is 4.67 Å². The first-order chi connectivity index (χ1) is 6.68. The van der Waals surface area contributed by atoms with Crippen LogP contribution in [0.3, 0.4) is 0 Å². The lowest BCUT2D eigenvalue weighted by atomic mass is 10.2. The van der Waals surface area contributed by atoms with E-state index in [1.807, 2.05) is 0 Å². The standard InChI is InChI=1S/C8H5Br2NO2S/c9-4-3-5(13-8(4)10)7(12)6-1-2-11-14-6/h1-3,7,12H. The van der Waals surface area contributed by atoms with Crippen molar-refractivity contribution >= 4 is 43.4 Å². The molecule has 2 heterocycles. The average Bonchev–Trinajstić information content (AvgIpc) is 2.76. The summed E-state index contributed by atoms with van der Waals surface area (Å²) in [4.78, 5) is 0.763. The lowest BCUT2D eigenvalue weighted by Crippen LogP contribution is -1.93. The van der Waals surface area contributed by atoms with Crippen molar-refractivity contribution in [1.82, 2.24) is 4.37 Å². The van der Waals surface area contributed by atoms with E-state index in [1.165, 1.54) is 11.5 Å². The van der Waals surface area contributed by atoms with Gasteiger partial charge in [-0.05, 0) is 55.5 Å². The Morgan fingerprint density at radius 1 is 1.50 bits per heavy atom. The first-order valence-corrected chi connectivity index (χ1v) is 6.08. The van der Waals surface area contributed by atoms with Crippen LogP contribution in [0.15, 0.2) is 31.9 Å². The molecule has 0 aromatic carbocycles. The molecule has 2 rings (SSSR count). The number of aliphatic hydroxyl groups is 1. The molecule has 3 nitrogen and oxygen atoms in total. The molecule has 0 amide bonds. The minimum absolute atomic E-state index is 0.494. The van der Waals surface area contributed by atoms with Gasteiger partial charge in [-0.15, -0.1) is 0 Å². The number of hydrogen-bond donors (Lipinski definition) is 1. The molecule has 1 atom stereocenters. The quantitative estimate of drug-likeness (QED) is 0.913. The normalized spacial score (nSPS) is 13.1. The molecule has 0 bridgehead atoms. The maximum absolute atomic E-state index is 9.85. The molecule has 0 aliphatic heterocycles. The molecule has 0 radical (unpaired) electrons. The average molecular weight is 339 g/mol. The fraction of sp³-hybridized carbons (Fsp3) is 0.125. The van der Waals surface area contributed by atoms with Crippen LogP contribution in [0.4, 0.5) is 0 Å². The fourth-order valence-corrected chi connectivity index (χ4v) is 2.19. The van der Waals surface area contributed by atoms with Crippen LogP contribution >= 0.6 is 43.4 Å². The van der Waals surface area contributed by atoms with E-state index in [2.05, 4.69) is 36.2 Å². The van der Waals surface area contributed by atoms with Crippen molar-refractivity contribution in [3.05, 3.63) is 38.1 Å². The third-order valence-electron chi connectivity index (χ3n) is 1.66. The predicted molar refractivity (Wildman–Crippen MR) is 60.3 cm³/mol. The van der Waals surface area contributed by atoms with Crippen LogP contribution in [-0.2, 0) is 0 Å². The largest absolute Gasteiger partial charge is 0.450 e. The second-order valence-electron chi connectivity index (χ2n) is 2.59. The van der Waals surface area contributed by atoms with Crippen molar-refractivity contribution < 1.29 is 9.52 Å². The highest BCUT2D eigenvalue weighted by atomic mass is 79.9. The highest BCUT2D eigenvalue weighted by molar-refractivity contribution is 9.13. The Morgan fingerprint density at radius 3 is 2.79 bits per heavy atom. The molecule has 0 aliphatic rings. The third kappa shape index (κ3) is 1.93. The Morgan fingerprint density at radius 2 is 2.29 bits per heavy atom. The van der Waals surface area contributed by atoms with Crippen LogP contribution in [-0.4, -0.2) is 9.48 Å². The summed E-state index contributed by atoms with van der Waals surface area (Å²) in [6.45, 7) is 0. The zero-order valence-corrected chi connectivity index (χ0v) is 10.8. The van der Waals surface area contributed by atoms with Crippen LogP contribution in [0.1, 0.15) is 16.7 Å². The summed E-state index contributed by atoms with van der Waals surface area (Å²) in [7, 11) is 0. The van der Waals surface area contributed by atoms with E-state index in [-0.39, 0.29) is 0 Å². The van der Waals surface area contributed by atoms with Crippen molar-refractivity contribution in [1.29, 1.82) is 0 Å². The number of hydrogen-bond acceptors (Lipinski definition) is 4. The highest BCUT2D eigenvalue weighted by Crippen LogP contribution is 2.33. The Balaban J connectivity index is 2.32. The number of rotatable bonds is 2. The minimum atomic E-state index is -0.745. The molecule has 2 aromatic heterocycles. The van der Waals surface area contributed by atoms with E-state index in [4.69, 9.17) is 4.42 Å². The molecule has 0 spiro atoms. The van der Waals surface area contributed by atoms with Gasteiger partial charge in [0.05, 0.1) is 9.35 Å². The Kier molecular flexibility index (Phi) is 3.06. The molecule has 14 heavy (non-hydrogen) atoms. The maximum atomic E-state index is 9.85. The van der Waals surface area contributed by atoms with Gasteiger partial charge in [-0.2, -0.15) is 0 Å². The smallest absolute Gasteiger partial charge is 0.183 e. The van der Waals surface area contributed by atoms with Crippen molar-refractivity contribution in [2.45, 2.75) is 6.10 Å². The number of furan rings is 1. The van der Waals surface area contributed by atoms with Gasteiger partial charge in [0.1, 0.15) is 11.9 Å². The summed E-state index contributed by atoms with van der Waals surface area (Å²) in [6.07, 6.45) is 0.904. The monoisotopic (exact) mass is 337 g/mol. The van der Waals surface area contributed by atoms with E-state index in [9.17, 15) is 5.11 Å². The van der Waals surface area contributed by atoms with E-state index in [0.717, 1.165) is 9.35 Å². The number of nitrogens with zero attached hydrogens (tertiary/aromatic N) is 1. The first-order valence-electron chi connectivity index (χ1n) is 3.72. The second kappa shape index (κ2) is 4.14. The van der Waals surface area contributed by atoms with Gasteiger partial charge in [-0.25, -0.2) is 4.37 Å². The molecule has 1 unspecified atom stereocenters. The number of aromatic nitrogens is 1. The SMILES string of the molecule is OC(c1cc(Br)c(Br)o1)c1ccns1. The summed E-state index contributed by atoms with van der Waals surface area (Å²) >= 11 is 7.74. The predicted octanol–water partition coefficient (Wildman–Crippen LogP) is 3.34. The molecule has 1 N–H and O–H groups in total. The van der Waals surface area contributed by atoms with Crippen molar-refractivity contribution in [3.8, 4) is 0 Å². The number of aliphatic hydroxyl groups excluding tert-OH is 1. The molecule has 0 fully saturated rings. The summed E-state index contributed by atoms with van der Waals surface area (Å²) in [5.41, 5.74) is 0. The number of halogens is 2. The van der Waals surface area contributed by atoms with Gasteiger partial charge in [-0.3, -0.25) is 0 Å². The van der Waals surface area contributed by atoms with Crippen LogP contribution in [0.5, 0.6) is 0 Å². The third-order valence-corrected chi connectivity index (χ3v) is 4.17. The Hall–Kier alpha value is -0.170. The van der Waals surface area contributed by atoms with Gasteiger partial charge in [-0.1, -0.05) is 0 Å². The highest BCUT2D eigenvalue weighted by Gasteiger charge is 2.17. The molecule has 0 saturated carbocycles. The molecule has 74 valence electrons. The van der Waals surface area contributed by atoms with Crippen LogP contribution in [0, 0.1) is 0 Å². The first kappa shape index (κ1) is 10.4. The second-order valence-corrected chi connectivity index (χ2v) is 5.03. The van der Waals surface area contributed by atoms with Gasteiger partial charge in [0.25, 0.3) is 0 Å². The maximum Gasteiger partial charge on any atom is 0.183 e. The Labute approximate surface area is 101 Å². The van der Waals surface area contributed by atoms with Gasteiger partial charge in [0, 0.05) is 6.20 Å².